The molecule has 112 valence electrons. The van der Waals surface area contributed by atoms with E-state index in [9.17, 15) is 0 Å². The lowest BCUT2D eigenvalue weighted by Gasteiger charge is -2.46. The first-order valence-electron chi connectivity index (χ1n) is 7.92. The van der Waals surface area contributed by atoms with Crippen LogP contribution in [-0.2, 0) is 4.74 Å². The van der Waals surface area contributed by atoms with Gasteiger partial charge in [-0.15, -0.1) is 0 Å². The maximum absolute atomic E-state index is 6.60. The second-order valence-electron chi connectivity index (χ2n) is 6.42. The van der Waals surface area contributed by atoms with Crippen LogP contribution in [0.1, 0.15) is 25.7 Å². The van der Waals surface area contributed by atoms with E-state index in [1.807, 2.05) is 18.2 Å². The summed E-state index contributed by atoms with van der Waals surface area (Å²) in [6, 6.07) is 0.668. The first-order chi connectivity index (χ1) is 9.70. The van der Waals surface area contributed by atoms with Gasteiger partial charge in [-0.3, -0.25) is 0 Å². The number of likely N-dealkylation sites (tertiary alicyclic amines) is 1. The van der Waals surface area contributed by atoms with Crippen molar-refractivity contribution in [2.75, 3.05) is 26.3 Å². The van der Waals surface area contributed by atoms with E-state index in [2.05, 4.69) is 11.0 Å². The fourth-order valence-corrected chi connectivity index (χ4v) is 3.91. The summed E-state index contributed by atoms with van der Waals surface area (Å²) < 4.78 is 5.46. The van der Waals surface area contributed by atoms with E-state index >= 15 is 0 Å². The van der Waals surface area contributed by atoms with Gasteiger partial charge in [0.2, 0.25) is 0 Å². The van der Waals surface area contributed by atoms with Gasteiger partial charge in [0.05, 0.1) is 5.54 Å². The molecule has 4 N–H and O–H groups in total. The normalized spacial score (nSPS) is 37.4. The summed E-state index contributed by atoms with van der Waals surface area (Å²) in [5.41, 5.74) is 12.5. The Morgan fingerprint density at radius 2 is 1.75 bits per heavy atom. The second-order valence-corrected chi connectivity index (χ2v) is 6.42. The van der Waals surface area contributed by atoms with Gasteiger partial charge < -0.3 is 21.1 Å². The Bertz CT molecular complexity index is 381. The van der Waals surface area contributed by atoms with Crippen molar-refractivity contribution in [3.8, 4) is 0 Å². The lowest BCUT2D eigenvalue weighted by atomic mass is 9.72. The van der Waals surface area contributed by atoms with Gasteiger partial charge in [-0.1, -0.05) is 24.3 Å². The molecule has 4 nitrogen and oxygen atoms in total. The molecule has 2 saturated heterocycles. The maximum Gasteiger partial charge on any atom is 0.0561 e. The molecule has 3 aliphatic rings. The molecule has 4 heteroatoms. The molecule has 0 saturated carbocycles. The van der Waals surface area contributed by atoms with Crippen LogP contribution in [-0.4, -0.2) is 48.8 Å². The average Bonchev–Trinajstić information content (AvgIpc) is 2.51. The van der Waals surface area contributed by atoms with Gasteiger partial charge in [0.25, 0.3) is 0 Å². The molecule has 2 aliphatic heterocycles. The van der Waals surface area contributed by atoms with Crippen LogP contribution in [0.2, 0.25) is 0 Å². The Morgan fingerprint density at radius 3 is 2.40 bits per heavy atom. The maximum atomic E-state index is 6.60. The summed E-state index contributed by atoms with van der Waals surface area (Å²) in [6.45, 7) is 4.14. The quantitative estimate of drug-likeness (QED) is 0.791. The average molecular weight is 277 g/mol. The zero-order chi connectivity index (χ0) is 14.0. The summed E-state index contributed by atoms with van der Waals surface area (Å²) >= 11 is 0. The Balaban J connectivity index is 1.58. The molecule has 0 aromatic carbocycles. The number of nitrogens with two attached hydrogens (primary N) is 2. The lowest BCUT2D eigenvalue weighted by Crippen LogP contribution is -2.61. The van der Waals surface area contributed by atoms with Gasteiger partial charge in [-0.2, -0.15) is 0 Å². The van der Waals surface area contributed by atoms with Gasteiger partial charge in [0.15, 0.2) is 0 Å². The summed E-state index contributed by atoms with van der Waals surface area (Å²) in [6.07, 6.45) is 12.9. The predicted octanol–water partition coefficient (Wildman–Crippen LogP) is 1.03. The number of rotatable bonds is 2. The highest BCUT2D eigenvalue weighted by Gasteiger charge is 2.40. The third-order valence-corrected chi connectivity index (χ3v) is 5.34. The SMILES string of the molecule is NC1C=CC=CC1(N)C1CCN(C2CCOCC2)CC1. The smallest absolute Gasteiger partial charge is 0.0561 e. The van der Waals surface area contributed by atoms with E-state index in [-0.39, 0.29) is 11.6 Å². The number of piperidine rings is 1. The largest absolute Gasteiger partial charge is 0.381 e. The Labute approximate surface area is 121 Å². The van der Waals surface area contributed by atoms with E-state index < -0.39 is 0 Å². The molecule has 0 amide bonds. The van der Waals surface area contributed by atoms with Crippen LogP contribution in [0, 0.1) is 5.92 Å². The minimum atomic E-state index is -0.351. The van der Waals surface area contributed by atoms with Crippen molar-refractivity contribution in [2.24, 2.45) is 17.4 Å². The highest BCUT2D eigenvalue weighted by molar-refractivity contribution is 5.27. The molecule has 2 heterocycles. The van der Waals surface area contributed by atoms with Crippen molar-refractivity contribution in [1.82, 2.24) is 4.90 Å². The Hall–Kier alpha value is -0.680. The topological polar surface area (TPSA) is 64.5 Å². The number of hydrogen-bond donors (Lipinski definition) is 2. The minimum Gasteiger partial charge on any atom is -0.381 e. The molecule has 0 radical (unpaired) electrons. The van der Waals surface area contributed by atoms with Crippen molar-refractivity contribution in [2.45, 2.75) is 43.3 Å². The van der Waals surface area contributed by atoms with Crippen LogP contribution >= 0.6 is 0 Å². The molecule has 20 heavy (non-hydrogen) atoms. The number of nitrogens with zero attached hydrogens (tertiary/aromatic N) is 1. The first-order valence-corrected chi connectivity index (χ1v) is 7.92. The van der Waals surface area contributed by atoms with E-state index in [1.165, 1.54) is 12.8 Å². The van der Waals surface area contributed by atoms with E-state index in [1.54, 1.807) is 0 Å². The monoisotopic (exact) mass is 277 g/mol. The molecular weight excluding hydrogens is 250 g/mol. The Kier molecular flexibility index (Phi) is 4.26. The van der Waals surface area contributed by atoms with Gasteiger partial charge >= 0.3 is 0 Å². The minimum absolute atomic E-state index is 0.0490. The van der Waals surface area contributed by atoms with Gasteiger partial charge in [-0.25, -0.2) is 0 Å². The zero-order valence-electron chi connectivity index (χ0n) is 12.2. The van der Waals surface area contributed by atoms with Gasteiger partial charge in [0.1, 0.15) is 0 Å². The third-order valence-electron chi connectivity index (χ3n) is 5.34. The zero-order valence-corrected chi connectivity index (χ0v) is 12.2. The number of allylic oxidation sites excluding steroid dienone is 2. The highest BCUT2D eigenvalue weighted by Crippen LogP contribution is 2.33. The van der Waals surface area contributed by atoms with Gasteiger partial charge in [0, 0.05) is 25.3 Å². The third kappa shape index (κ3) is 2.70. The van der Waals surface area contributed by atoms with Crippen LogP contribution in [0.3, 0.4) is 0 Å². The van der Waals surface area contributed by atoms with Crippen molar-refractivity contribution in [3.05, 3.63) is 24.3 Å². The van der Waals surface area contributed by atoms with Crippen molar-refractivity contribution >= 4 is 0 Å². The lowest BCUT2D eigenvalue weighted by molar-refractivity contribution is 0.0159. The molecule has 0 spiro atoms. The van der Waals surface area contributed by atoms with Gasteiger partial charge in [-0.05, 0) is 44.7 Å². The molecule has 3 rings (SSSR count). The fourth-order valence-electron chi connectivity index (χ4n) is 3.91. The molecule has 0 bridgehead atoms. The van der Waals surface area contributed by atoms with Crippen LogP contribution in [0.15, 0.2) is 24.3 Å². The standard InChI is InChI=1S/C16H27N3O/c17-15-3-1-2-8-16(15,18)13-4-9-19(10-5-13)14-6-11-20-12-7-14/h1-3,8,13-15H,4-7,9-12,17-18H2. The van der Waals surface area contributed by atoms with Crippen LogP contribution in [0.25, 0.3) is 0 Å². The van der Waals surface area contributed by atoms with Crippen molar-refractivity contribution in [1.29, 1.82) is 0 Å². The molecule has 0 aromatic rings. The molecule has 0 aromatic heterocycles. The number of ether oxygens (including phenoxy) is 1. The van der Waals surface area contributed by atoms with Crippen LogP contribution in [0.5, 0.6) is 0 Å². The molecule has 1 aliphatic carbocycles. The predicted molar refractivity (Wildman–Crippen MR) is 81.3 cm³/mol. The van der Waals surface area contributed by atoms with E-state index in [4.69, 9.17) is 16.2 Å². The van der Waals surface area contributed by atoms with Crippen molar-refractivity contribution < 1.29 is 4.74 Å². The molecule has 2 fully saturated rings. The summed E-state index contributed by atoms with van der Waals surface area (Å²) in [4.78, 5) is 2.64. The summed E-state index contributed by atoms with van der Waals surface area (Å²) in [5.74, 6) is 0.495. The Morgan fingerprint density at radius 1 is 1.05 bits per heavy atom. The van der Waals surface area contributed by atoms with E-state index in [0.717, 1.165) is 39.1 Å². The molecular formula is C16H27N3O. The van der Waals surface area contributed by atoms with Crippen LogP contribution in [0.4, 0.5) is 0 Å². The summed E-state index contributed by atoms with van der Waals surface area (Å²) in [7, 11) is 0. The first kappa shape index (κ1) is 14.3. The number of hydrogen-bond acceptors (Lipinski definition) is 4. The van der Waals surface area contributed by atoms with E-state index in [0.29, 0.717) is 12.0 Å². The summed E-state index contributed by atoms with van der Waals surface area (Å²) in [5, 5.41) is 0. The fraction of sp³-hybridized carbons (Fsp3) is 0.750. The van der Waals surface area contributed by atoms with Crippen LogP contribution < -0.4 is 11.5 Å². The van der Waals surface area contributed by atoms with Crippen molar-refractivity contribution in [3.63, 3.8) is 0 Å². The second kappa shape index (κ2) is 5.98. The highest BCUT2D eigenvalue weighted by atomic mass is 16.5. The molecule has 2 atom stereocenters. The molecule has 2 unspecified atom stereocenters.